The molecule has 1 heterocycles. The van der Waals surface area contributed by atoms with Gasteiger partial charge in [0.15, 0.2) is 0 Å². The molecule has 2 rings (SSSR count). The predicted molar refractivity (Wildman–Crippen MR) is 68.2 cm³/mol. The molecule has 1 aliphatic carbocycles. The number of anilines is 1. The zero-order valence-electron chi connectivity index (χ0n) is 10.6. The van der Waals surface area contributed by atoms with Crippen molar-refractivity contribution in [3.63, 3.8) is 0 Å². The lowest BCUT2D eigenvalue weighted by Crippen LogP contribution is -2.20. The minimum absolute atomic E-state index is 0.611. The highest BCUT2D eigenvalue weighted by atomic mass is 16.5. The highest BCUT2D eigenvalue weighted by molar-refractivity contribution is 5.27. The third-order valence-electron chi connectivity index (χ3n) is 3.52. The first-order valence-corrected chi connectivity index (χ1v) is 6.39. The maximum Gasteiger partial charge on any atom is 0.225 e. The number of rotatable bonds is 4. The van der Waals surface area contributed by atoms with E-state index >= 15 is 0 Å². The van der Waals surface area contributed by atoms with Gasteiger partial charge >= 0.3 is 0 Å². The van der Waals surface area contributed by atoms with Gasteiger partial charge in [0.05, 0.1) is 7.11 Å². The van der Waals surface area contributed by atoms with Gasteiger partial charge < -0.3 is 10.1 Å². The molecule has 0 unspecified atom stereocenters. The van der Waals surface area contributed by atoms with E-state index in [0.29, 0.717) is 11.8 Å². The molecule has 4 nitrogen and oxygen atoms in total. The topological polar surface area (TPSA) is 47.0 Å². The summed E-state index contributed by atoms with van der Waals surface area (Å²) in [6.45, 7) is 3.31. The van der Waals surface area contributed by atoms with E-state index in [2.05, 4.69) is 22.2 Å². The highest BCUT2D eigenvalue weighted by Gasteiger charge is 2.18. The molecular formula is C13H21N3O. The van der Waals surface area contributed by atoms with Crippen LogP contribution in [-0.2, 0) is 0 Å². The Kier molecular flexibility index (Phi) is 4.18. The zero-order valence-corrected chi connectivity index (χ0v) is 10.6. The second kappa shape index (κ2) is 5.84. The van der Waals surface area contributed by atoms with E-state index in [4.69, 9.17) is 4.74 Å². The lowest BCUT2D eigenvalue weighted by molar-refractivity contribution is 0.300. The summed E-state index contributed by atoms with van der Waals surface area (Å²) in [6.07, 6.45) is 7.06. The van der Waals surface area contributed by atoms with Gasteiger partial charge in [0.25, 0.3) is 0 Å². The van der Waals surface area contributed by atoms with Crippen LogP contribution in [0.15, 0.2) is 12.3 Å². The summed E-state index contributed by atoms with van der Waals surface area (Å²) in [6, 6.07) is 1.76. The van der Waals surface area contributed by atoms with Gasteiger partial charge in [0.2, 0.25) is 11.8 Å². The molecule has 1 aromatic rings. The lowest BCUT2D eigenvalue weighted by Gasteiger charge is -2.26. The first-order chi connectivity index (χ1) is 8.28. The SMILES string of the molecule is COc1ccnc(NCC2CCC(C)CC2)n1. The first-order valence-electron chi connectivity index (χ1n) is 6.39. The van der Waals surface area contributed by atoms with E-state index in [1.165, 1.54) is 25.7 Å². The Labute approximate surface area is 103 Å². The second-order valence-corrected chi connectivity index (χ2v) is 4.93. The molecule has 4 heteroatoms. The molecule has 0 amide bonds. The number of hydrogen-bond acceptors (Lipinski definition) is 4. The normalized spacial score (nSPS) is 24.4. The van der Waals surface area contributed by atoms with Crippen LogP contribution in [-0.4, -0.2) is 23.6 Å². The van der Waals surface area contributed by atoms with E-state index in [0.717, 1.165) is 18.4 Å². The van der Waals surface area contributed by atoms with Crippen molar-refractivity contribution in [1.82, 2.24) is 9.97 Å². The molecule has 1 aromatic heterocycles. The van der Waals surface area contributed by atoms with Crippen LogP contribution in [0, 0.1) is 11.8 Å². The standard InChI is InChI=1S/C13H21N3O/c1-10-3-5-11(6-4-10)9-15-13-14-8-7-12(16-13)17-2/h7-8,10-11H,3-6,9H2,1-2H3,(H,14,15,16). The van der Waals surface area contributed by atoms with E-state index in [9.17, 15) is 0 Å². The molecule has 17 heavy (non-hydrogen) atoms. The van der Waals surface area contributed by atoms with Gasteiger partial charge in [0.1, 0.15) is 0 Å². The number of aromatic nitrogens is 2. The largest absolute Gasteiger partial charge is 0.481 e. The third kappa shape index (κ3) is 3.58. The van der Waals surface area contributed by atoms with Gasteiger partial charge in [0, 0.05) is 18.8 Å². The van der Waals surface area contributed by atoms with E-state index < -0.39 is 0 Å². The van der Waals surface area contributed by atoms with Crippen molar-refractivity contribution in [2.24, 2.45) is 11.8 Å². The smallest absolute Gasteiger partial charge is 0.225 e. The van der Waals surface area contributed by atoms with Crippen LogP contribution in [0.3, 0.4) is 0 Å². The van der Waals surface area contributed by atoms with Gasteiger partial charge in [-0.15, -0.1) is 0 Å². The minimum Gasteiger partial charge on any atom is -0.481 e. The van der Waals surface area contributed by atoms with Gasteiger partial charge in [-0.05, 0) is 24.7 Å². The Bertz CT molecular complexity index is 348. The third-order valence-corrected chi connectivity index (χ3v) is 3.52. The molecular weight excluding hydrogens is 214 g/mol. The molecule has 0 aromatic carbocycles. The molecule has 1 aliphatic rings. The molecule has 94 valence electrons. The van der Waals surface area contributed by atoms with Crippen molar-refractivity contribution in [2.75, 3.05) is 19.0 Å². The molecule has 1 fully saturated rings. The van der Waals surface area contributed by atoms with Crippen molar-refractivity contribution in [3.8, 4) is 5.88 Å². The molecule has 0 bridgehead atoms. The summed E-state index contributed by atoms with van der Waals surface area (Å²) in [5, 5.41) is 3.30. The van der Waals surface area contributed by atoms with Crippen molar-refractivity contribution < 1.29 is 4.74 Å². The molecule has 0 spiro atoms. The molecule has 1 N–H and O–H groups in total. The fraction of sp³-hybridized carbons (Fsp3) is 0.692. The number of ether oxygens (including phenoxy) is 1. The van der Waals surface area contributed by atoms with Crippen molar-refractivity contribution in [2.45, 2.75) is 32.6 Å². The Balaban J connectivity index is 1.81. The Hall–Kier alpha value is -1.32. The fourth-order valence-electron chi connectivity index (χ4n) is 2.31. The quantitative estimate of drug-likeness (QED) is 0.871. The van der Waals surface area contributed by atoms with Crippen LogP contribution in [0.4, 0.5) is 5.95 Å². The zero-order chi connectivity index (χ0) is 12.1. The molecule has 0 radical (unpaired) electrons. The maximum absolute atomic E-state index is 5.07. The summed E-state index contributed by atoms with van der Waals surface area (Å²) in [5.41, 5.74) is 0. The van der Waals surface area contributed by atoms with E-state index in [-0.39, 0.29) is 0 Å². The van der Waals surface area contributed by atoms with Gasteiger partial charge in [-0.2, -0.15) is 4.98 Å². The van der Waals surface area contributed by atoms with Crippen molar-refractivity contribution >= 4 is 5.95 Å². The number of nitrogens with one attached hydrogen (secondary N) is 1. The average Bonchev–Trinajstić information content (AvgIpc) is 2.38. The summed E-state index contributed by atoms with van der Waals surface area (Å²) >= 11 is 0. The highest BCUT2D eigenvalue weighted by Crippen LogP contribution is 2.28. The Morgan fingerprint density at radius 2 is 2.12 bits per heavy atom. The summed E-state index contributed by atoms with van der Waals surface area (Å²) in [5.74, 6) is 2.95. The summed E-state index contributed by atoms with van der Waals surface area (Å²) in [4.78, 5) is 8.43. The number of nitrogens with zero attached hydrogens (tertiary/aromatic N) is 2. The van der Waals surface area contributed by atoms with Gasteiger partial charge in [-0.25, -0.2) is 4.98 Å². The maximum atomic E-state index is 5.07. The first kappa shape index (κ1) is 12.1. The molecule has 0 saturated heterocycles. The van der Waals surface area contributed by atoms with Crippen molar-refractivity contribution in [1.29, 1.82) is 0 Å². The van der Waals surface area contributed by atoms with Crippen LogP contribution in [0.2, 0.25) is 0 Å². The van der Waals surface area contributed by atoms with Crippen LogP contribution < -0.4 is 10.1 Å². The number of methoxy groups -OCH3 is 1. The monoisotopic (exact) mass is 235 g/mol. The Morgan fingerprint density at radius 3 is 2.82 bits per heavy atom. The molecule has 0 aliphatic heterocycles. The van der Waals surface area contributed by atoms with Crippen LogP contribution >= 0.6 is 0 Å². The van der Waals surface area contributed by atoms with E-state index in [1.807, 2.05) is 0 Å². The lowest BCUT2D eigenvalue weighted by atomic mass is 9.83. The number of hydrogen-bond donors (Lipinski definition) is 1. The summed E-state index contributed by atoms with van der Waals surface area (Å²) < 4.78 is 5.07. The Morgan fingerprint density at radius 1 is 1.35 bits per heavy atom. The van der Waals surface area contributed by atoms with Crippen LogP contribution in [0.1, 0.15) is 32.6 Å². The molecule has 0 atom stereocenters. The molecule has 1 saturated carbocycles. The van der Waals surface area contributed by atoms with Crippen LogP contribution in [0.25, 0.3) is 0 Å². The average molecular weight is 235 g/mol. The second-order valence-electron chi connectivity index (χ2n) is 4.93. The van der Waals surface area contributed by atoms with Gasteiger partial charge in [-0.1, -0.05) is 19.8 Å². The van der Waals surface area contributed by atoms with Crippen LogP contribution in [0.5, 0.6) is 5.88 Å². The predicted octanol–water partition coefficient (Wildman–Crippen LogP) is 2.72. The summed E-state index contributed by atoms with van der Waals surface area (Å²) in [7, 11) is 1.62. The van der Waals surface area contributed by atoms with Crippen molar-refractivity contribution in [3.05, 3.63) is 12.3 Å². The van der Waals surface area contributed by atoms with E-state index in [1.54, 1.807) is 19.4 Å². The minimum atomic E-state index is 0.611. The fourth-order valence-corrected chi connectivity index (χ4v) is 2.31. The van der Waals surface area contributed by atoms with Gasteiger partial charge in [-0.3, -0.25) is 0 Å².